The van der Waals surface area contributed by atoms with Gasteiger partial charge in [0.1, 0.15) is 5.76 Å². The normalized spacial score (nSPS) is 12.6. The highest BCUT2D eigenvalue weighted by molar-refractivity contribution is 5.92. The van der Waals surface area contributed by atoms with Gasteiger partial charge >= 0.3 is 0 Å². The van der Waals surface area contributed by atoms with E-state index in [0.29, 0.717) is 30.1 Å². The fourth-order valence-corrected chi connectivity index (χ4v) is 3.49. The summed E-state index contributed by atoms with van der Waals surface area (Å²) in [4.78, 5) is 36.1. The minimum Gasteiger partial charge on any atom is -0.451 e. The molecule has 1 aromatic heterocycles. The lowest BCUT2D eigenvalue weighted by molar-refractivity contribution is -0.168. The zero-order valence-electron chi connectivity index (χ0n) is 18.0. The number of hydrogen-bond acceptors (Lipinski definition) is 5. The van der Waals surface area contributed by atoms with E-state index < -0.39 is 17.9 Å². The molecular weight excluding hydrogens is 398 g/mol. The van der Waals surface area contributed by atoms with Gasteiger partial charge in [-0.05, 0) is 25.0 Å². The van der Waals surface area contributed by atoms with Crippen molar-refractivity contribution in [1.29, 1.82) is 0 Å². The standard InChI is InChI=1S/C23H31N3O5/c1-3-5-7-12-18(19(4-2)26(30)16-27)22(28)24-15-25-23(29)21-14-13-20(31-21)17-10-8-6-9-11-17/h6,8-11,13-14,16,18-19,30H,3-5,7,12,15H2,1-2H3,(H,24,28)(H,25,29). The van der Waals surface area contributed by atoms with Crippen molar-refractivity contribution in [2.75, 3.05) is 6.67 Å². The molecule has 0 saturated carbocycles. The Bertz CT molecular complexity index is 837. The molecule has 31 heavy (non-hydrogen) atoms. The van der Waals surface area contributed by atoms with Gasteiger partial charge < -0.3 is 15.1 Å². The lowest BCUT2D eigenvalue weighted by Gasteiger charge is -2.29. The van der Waals surface area contributed by atoms with Crippen LogP contribution in [0.4, 0.5) is 0 Å². The first kappa shape index (κ1) is 24.1. The van der Waals surface area contributed by atoms with Gasteiger partial charge in [0.2, 0.25) is 12.3 Å². The van der Waals surface area contributed by atoms with Crippen LogP contribution in [-0.2, 0) is 9.59 Å². The summed E-state index contributed by atoms with van der Waals surface area (Å²) in [5.74, 6) is -0.630. The molecule has 0 spiro atoms. The van der Waals surface area contributed by atoms with Crippen LogP contribution in [0.5, 0.6) is 0 Å². The van der Waals surface area contributed by atoms with Gasteiger partial charge in [-0.3, -0.25) is 19.6 Å². The number of amides is 3. The molecule has 8 nitrogen and oxygen atoms in total. The van der Waals surface area contributed by atoms with Crippen molar-refractivity contribution in [2.45, 2.75) is 52.0 Å². The zero-order chi connectivity index (χ0) is 22.6. The van der Waals surface area contributed by atoms with E-state index >= 15 is 0 Å². The number of nitrogens with one attached hydrogen (secondary N) is 2. The molecule has 3 amide bonds. The van der Waals surface area contributed by atoms with Crippen LogP contribution in [0.3, 0.4) is 0 Å². The van der Waals surface area contributed by atoms with Crippen LogP contribution < -0.4 is 10.6 Å². The quantitative estimate of drug-likeness (QED) is 0.148. The van der Waals surface area contributed by atoms with Crippen LogP contribution in [0, 0.1) is 5.92 Å². The highest BCUT2D eigenvalue weighted by Crippen LogP contribution is 2.22. The second kappa shape index (κ2) is 12.5. The van der Waals surface area contributed by atoms with Gasteiger partial charge in [-0.15, -0.1) is 0 Å². The fourth-order valence-electron chi connectivity index (χ4n) is 3.49. The molecule has 2 atom stereocenters. The predicted molar refractivity (Wildman–Crippen MR) is 116 cm³/mol. The van der Waals surface area contributed by atoms with Gasteiger partial charge in [0.15, 0.2) is 5.76 Å². The van der Waals surface area contributed by atoms with E-state index in [2.05, 4.69) is 17.6 Å². The average molecular weight is 430 g/mol. The Kier molecular flexibility index (Phi) is 9.77. The van der Waals surface area contributed by atoms with E-state index in [9.17, 15) is 19.6 Å². The molecule has 3 N–H and O–H groups in total. The van der Waals surface area contributed by atoms with Crippen LogP contribution in [0.2, 0.25) is 0 Å². The van der Waals surface area contributed by atoms with Crippen LogP contribution in [0.15, 0.2) is 46.9 Å². The molecular formula is C23H31N3O5. The number of rotatable bonds is 13. The van der Waals surface area contributed by atoms with Gasteiger partial charge in [0, 0.05) is 5.56 Å². The van der Waals surface area contributed by atoms with Crippen molar-refractivity contribution in [3.05, 3.63) is 48.2 Å². The maximum absolute atomic E-state index is 12.7. The summed E-state index contributed by atoms with van der Waals surface area (Å²) in [6.45, 7) is 3.77. The van der Waals surface area contributed by atoms with Crippen LogP contribution in [-0.4, -0.2) is 41.2 Å². The number of furan rings is 1. The van der Waals surface area contributed by atoms with Crippen molar-refractivity contribution < 1.29 is 24.0 Å². The van der Waals surface area contributed by atoms with Crippen molar-refractivity contribution >= 4 is 18.2 Å². The summed E-state index contributed by atoms with van der Waals surface area (Å²) < 4.78 is 5.60. The van der Waals surface area contributed by atoms with Crippen LogP contribution in [0.25, 0.3) is 11.3 Å². The third kappa shape index (κ3) is 6.96. The van der Waals surface area contributed by atoms with Gasteiger partial charge in [-0.1, -0.05) is 63.4 Å². The molecule has 0 radical (unpaired) electrons. The van der Waals surface area contributed by atoms with E-state index in [-0.39, 0.29) is 18.3 Å². The van der Waals surface area contributed by atoms with E-state index in [4.69, 9.17) is 4.42 Å². The van der Waals surface area contributed by atoms with E-state index in [1.54, 1.807) is 19.1 Å². The highest BCUT2D eigenvalue weighted by Gasteiger charge is 2.30. The number of carbonyl (C=O) groups is 3. The monoisotopic (exact) mass is 429 g/mol. The molecule has 0 fully saturated rings. The topological polar surface area (TPSA) is 112 Å². The Balaban J connectivity index is 1.93. The molecule has 0 saturated heterocycles. The maximum Gasteiger partial charge on any atom is 0.288 e. The second-order valence-electron chi connectivity index (χ2n) is 7.32. The Morgan fingerprint density at radius 3 is 2.48 bits per heavy atom. The zero-order valence-corrected chi connectivity index (χ0v) is 18.0. The number of carbonyl (C=O) groups excluding carboxylic acids is 3. The SMILES string of the molecule is CCCCCC(C(=O)NCNC(=O)c1ccc(-c2ccccc2)o1)C(CC)N(O)C=O. The van der Waals surface area contributed by atoms with Gasteiger partial charge in [0.05, 0.1) is 18.6 Å². The highest BCUT2D eigenvalue weighted by atomic mass is 16.5. The molecule has 1 aromatic carbocycles. The number of hydrogen-bond donors (Lipinski definition) is 3. The molecule has 2 aromatic rings. The van der Waals surface area contributed by atoms with Gasteiger partial charge in [-0.2, -0.15) is 0 Å². The molecule has 168 valence electrons. The smallest absolute Gasteiger partial charge is 0.288 e. The van der Waals surface area contributed by atoms with E-state index in [1.165, 1.54) is 0 Å². The maximum atomic E-state index is 12.7. The predicted octanol–water partition coefficient (Wildman–Crippen LogP) is 3.57. The van der Waals surface area contributed by atoms with Crippen molar-refractivity contribution in [1.82, 2.24) is 15.7 Å². The van der Waals surface area contributed by atoms with E-state index in [0.717, 1.165) is 24.8 Å². The van der Waals surface area contributed by atoms with Gasteiger partial charge in [-0.25, -0.2) is 5.06 Å². The lowest BCUT2D eigenvalue weighted by atomic mass is 9.90. The second-order valence-corrected chi connectivity index (χ2v) is 7.32. The number of benzene rings is 1. The first-order valence-electron chi connectivity index (χ1n) is 10.6. The molecule has 0 bridgehead atoms. The summed E-state index contributed by atoms with van der Waals surface area (Å²) >= 11 is 0. The molecule has 0 aliphatic rings. The number of nitrogens with zero attached hydrogens (tertiary/aromatic N) is 1. The molecule has 2 rings (SSSR count). The summed E-state index contributed by atoms with van der Waals surface area (Å²) in [6.07, 6.45) is 4.03. The summed E-state index contributed by atoms with van der Waals surface area (Å²) in [5.41, 5.74) is 0.860. The van der Waals surface area contributed by atoms with Gasteiger partial charge in [0.25, 0.3) is 5.91 Å². The van der Waals surface area contributed by atoms with Crippen molar-refractivity contribution in [2.24, 2.45) is 5.92 Å². The van der Waals surface area contributed by atoms with Crippen LogP contribution >= 0.6 is 0 Å². The first-order chi connectivity index (χ1) is 15.0. The summed E-state index contributed by atoms with van der Waals surface area (Å²) in [5, 5.41) is 15.7. The molecule has 8 heteroatoms. The Labute approximate surface area is 182 Å². The molecule has 1 heterocycles. The first-order valence-corrected chi connectivity index (χ1v) is 10.6. The molecule has 0 aliphatic heterocycles. The lowest BCUT2D eigenvalue weighted by Crippen LogP contribution is -2.47. The number of hydroxylamine groups is 2. The Morgan fingerprint density at radius 1 is 1.10 bits per heavy atom. The minimum absolute atomic E-state index is 0.0910. The largest absolute Gasteiger partial charge is 0.451 e. The third-order valence-electron chi connectivity index (χ3n) is 5.19. The van der Waals surface area contributed by atoms with Crippen molar-refractivity contribution in [3.63, 3.8) is 0 Å². The summed E-state index contributed by atoms with van der Waals surface area (Å²) in [6, 6.07) is 12.1. The average Bonchev–Trinajstić information content (AvgIpc) is 3.29. The summed E-state index contributed by atoms with van der Waals surface area (Å²) in [7, 11) is 0. The molecule has 0 aliphatic carbocycles. The van der Waals surface area contributed by atoms with Crippen molar-refractivity contribution in [3.8, 4) is 11.3 Å². The minimum atomic E-state index is -0.622. The van der Waals surface area contributed by atoms with E-state index in [1.807, 2.05) is 30.3 Å². The third-order valence-corrected chi connectivity index (χ3v) is 5.19. The molecule has 2 unspecified atom stereocenters. The fraction of sp³-hybridized carbons (Fsp3) is 0.435. The Hall–Kier alpha value is -3.13. The Morgan fingerprint density at radius 2 is 1.84 bits per heavy atom. The number of unbranched alkanes of at least 4 members (excludes halogenated alkanes) is 2. The van der Waals surface area contributed by atoms with Crippen LogP contribution in [0.1, 0.15) is 56.5 Å².